The zero-order valence-electron chi connectivity index (χ0n) is 12.1. The van der Waals surface area contributed by atoms with Crippen molar-refractivity contribution >= 4 is 34.3 Å². The van der Waals surface area contributed by atoms with Gasteiger partial charge in [-0.3, -0.25) is 4.79 Å². The lowest BCUT2D eigenvalue weighted by Crippen LogP contribution is -2.15. The summed E-state index contributed by atoms with van der Waals surface area (Å²) in [6.07, 6.45) is 1.55. The molecule has 4 heteroatoms. The van der Waals surface area contributed by atoms with E-state index >= 15 is 0 Å². The van der Waals surface area contributed by atoms with Crippen LogP contribution in [0.3, 0.4) is 0 Å². The molecule has 0 saturated carbocycles. The van der Waals surface area contributed by atoms with Gasteiger partial charge in [0.05, 0.1) is 16.8 Å². The third-order valence-electron chi connectivity index (χ3n) is 3.42. The number of carboxylic acids is 1. The Morgan fingerprint density at radius 2 is 1.57 bits per heavy atom. The molecular weight excluding hydrogens is 290 g/mol. The minimum atomic E-state index is -1.50. The van der Waals surface area contributed by atoms with Gasteiger partial charge >= 0.3 is 5.97 Å². The van der Waals surface area contributed by atoms with Crippen molar-refractivity contribution < 1.29 is 14.7 Å². The van der Waals surface area contributed by atoms with Crippen molar-refractivity contribution in [2.75, 3.05) is 0 Å². The molecule has 112 valence electrons. The number of hydrogen-bond donors (Lipinski definition) is 1. The van der Waals surface area contributed by atoms with Crippen LogP contribution in [0.2, 0.25) is 0 Å². The Balaban J connectivity index is 2.15. The van der Waals surface area contributed by atoms with E-state index in [0.717, 1.165) is 10.9 Å². The van der Waals surface area contributed by atoms with Crippen molar-refractivity contribution in [2.45, 2.75) is 0 Å². The number of rotatable bonds is 4. The highest BCUT2D eigenvalue weighted by atomic mass is 16.4. The van der Waals surface area contributed by atoms with Crippen LogP contribution in [0, 0.1) is 0 Å². The van der Waals surface area contributed by atoms with Gasteiger partial charge in [0.15, 0.2) is 0 Å². The molecule has 1 heterocycles. The van der Waals surface area contributed by atoms with Crippen molar-refractivity contribution in [3.63, 3.8) is 0 Å². The molecule has 3 aromatic rings. The second-order valence-corrected chi connectivity index (χ2v) is 4.99. The average molecular weight is 303 g/mol. The number of carboxylic acid groups (broad SMARTS) is 1. The Morgan fingerprint density at radius 1 is 0.870 bits per heavy atom. The molecule has 0 aliphatic rings. The van der Waals surface area contributed by atoms with Crippen LogP contribution in [0.25, 0.3) is 22.6 Å². The van der Waals surface area contributed by atoms with Crippen LogP contribution in [0.4, 0.5) is 0 Å². The summed E-state index contributed by atoms with van der Waals surface area (Å²) in [6, 6.07) is 20.1. The van der Waals surface area contributed by atoms with E-state index in [1.165, 1.54) is 0 Å². The smallest absolute Gasteiger partial charge is 0.377 e. The van der Waals surface area contributed by atoms with Crippen LogP contribution in [0.1, 0.15) is 11.3 Å². The standard InChI is InChI=1S/C19H13NO3/c21-18(19(22)23)15(12-13-6-2-1-3-7-13)17-11-10-14-8-4-5-9-16(14)20-17/h1-12H,(H,22,23)/b15-12+. The number of pyridine rings is 1. The monoisotopic (exact) mass is 303 g/mol. The summed E-state index contributed by atoms with van der Waals surface area (Å²) in [7, 11) is 0. The van der Waals surface area contributed by atoms with Gasteiger partial charge in [-0.15, -0.1) is 0 Å². The summed E-state index contributed by atoms with van der Waals surface area (Å²) >= 11 is 0. The van der Waals surface area contributed by atoms with E-state index in [1.807, 2.05) is 48.5 Å². The Morgan fingerprint density at radius 3 is 2.30 bits per heavy atom. The molecule has 23 heavy (non-hydrogen) atoms. The maximum absolute atomic E-state index is 12.1. The van der Waals surface area contributed by atoms with Crippen molar-refractivity contribution in [3.8, 4) is 0 Å². The molecule has 0 aliphatic carbocycles. The molecule has 0 amide bonds. The summed E-state index contributed by atoms with van der Waals surface area (Å²) in [4.78, 5) is 27.6. The number of aromatic nitrogens is 1. The molecule has 0 saturated heterocycles. The van der Waals surface area contributed by atoms with Gasteiger partial charge in [-0.05, 0) is 23.8 Å². The third-order valence-corrected chi connectivity index (χ3v) is 3.42. The van der Waals surface area contributed by atoms with Crippen LogP contribution in [0.15, 0.2) is 66.7 Å². The van der Waals surface area contributed by atoms with Crippen LogP contribution >= 0.6 is 0 Å². The number of carbonyl (C=O) groups is 2. The van der Waals surface area contributed by atoms with E-state index in [4.69, 9.17) is 5.11 Å². The van der Waals surface area contributed by atoms with Gasteiger partial charge in [-0.25, -0.2) is 9.78 Å². The molecule has 1 aromatic heterocycles. The van der Waals surface area contributed by atoms with Gasteiger partial charge < -0.3 is 5.11 Å². The lowest BCUT2D eigenvalue weighted by atomic mass is 10.0. The topological polar surface area (TPSA) is 67.3 Å². The first-order chi connectivity index (χ1) is 11.1. The first-order valence-electron chi connectivity index (χ1n) is 7.06. The van der Waals surface area contributed by atoms with Crippen LogP contribution in [-0.4, -0.2) is 21.8 Å². The van der Waals surface area contributed by atoms with Gasteiger partial charge in [0.1, 0.15) is 0 Å². The quantitative estimate of drug-likeness (QED) is 0.592. The fraction of sp³-hybridized carbons (Fsp3) is 0. The normalized spacial score (nSPS) is 11.4. The predicted octanol–water partition coefficient (Wildman–Crippen LogP) is 3.43. The van der Waals surface area contributed by atoms with Gasteiger partial charge in [0.2, 0.25) is 0 Å². The van der Waals surface area contributed by atoms with E-state index in [1.54, 1.807) is 24.3 Å². The molecule has 4 nitrogen and oxygen atoms in total. The lowest BCUT2D eigenvalue weighted by molar-refractivity contribution is -0.146. The van der Waals surface area contributed by atoms with E-state index in [0.29, 0.717) is 11.2 Å². The average Bonchev–Trinajstić information content (AvgIpc) is 2.59. The van der Waals surface area contributed by atoms with Crippen LogP contribution in [-0.2, 0) is 9.59 Å². The summed E-state index contributed by atoms with van der Waals surface area (Å²) in [6.45, 7) is 0. The highest BCUT2D eigenvalue weighted by Crippen LogP contribution is 2.21. The molecule has 0 atom stereocenters. The molecule has 0 fully saturated rings. The molecule has 0 radical (unpaired) electrons. The van der Waals surface area contributed by atoms with Crippen molar-refractivity contribution in [3.05, 3.63) is 78.0 Å². The number of benzene rings is 2. The summed E-state index contributed by atoms with van der Waals surface area (Å²) in [5.41, 5.74) is 1.86. The summed E-state index contributed by atoms with van der Waals surface area (Å²) in [5, 5.41) is 10.0. The molecule has 0 unspecified atom stereocenters. The van der Waals surface area contributed by atoms with Crippen molar-refractivity contribution in [1.29, 1.82) is 0 Å². The number of ketones is 1. The fourth-order valence-corrected chi connectivity index (χ4v) is 2.30. The molecule has 1 N–H and O–H groups in total. The van der Waals surface area contributed by atoms with Gasteiger partial charge in [0, 0.05) is 5.39 Å². The molecule has 0 bridgehead atoms. The maximum Gasteiger partial charge on any atom is 0.377 e. The Labute approximate surface area is 132 Å². The Kier molecular flexibility index (Phi) is 3.97. The largest absolute Gasteiger partial charge is 0.475 e. The molecule has 3 rings (SSSR count). The predicted molar refractivity (Wildman–Crippen MR) is 88.7 cm³/mol. The first-order valence-corrected chi connectivity index (χ1v) is 7.06. The zero-order valence-corrected chi connectivity index (χ0v) is 12.1. The molecular formula is C19H13NO3. The van der Waals surface area contributed by atoms with E-state index < -0.39 is 11.8 Å². The highest BCUT2D eigenvalue weighted by molar-refractivity contribution is 6.52. The summed E-state index contributed by atoms with van der Waals surface area (Å²) in [5.74, 6) is -2.47. The Bertz CT molecular complexity index is 914. The number of aliphatic carboxylic acids is 1. The van der Waals surface area contributed by atoms with E-state index in [9.17, 15) is 9.59 Å². The van der Waals surface area contributed by atoms with Gasteiger partial charge in [-0.1, -0.05) is 54.6 Å². The molecule has 2 aromatic carbocycles. The van der Waals surface area contributed by atoms with Crippen LogP contribution < -0.4 is 0 Å². The van der Waals surface area contributed by atoms with Gasteiger partial charge in [-0.2, -0.15) is 0 Å². The number of Topliss-reactive ketones (excluding diaryl/α,β-unsaturated/α-hetero) is 1. The number of hydrogen-bond acceptors (Lipinski definition) is 3. The van der Waals surface area contributed by atoms with Gasteiger partial charge in [0.25, 0.3) is 5.78 Å². The SMILES string of the molecule is O=C(O)C(=O)/C(=C/c1ccccc1)c1ccc2ccccc2n1. The fourth-order valence-electron chi connectivity index (χ4n) is 2.30. The molecule has 0 aliphatic heterocycles. The van der Waals surface area contributed by atoms with Crippen molar-refractivity contribution in [1.82, 2.24) is 4.98 Å². The number of para-hydroxylation sites is 1. The number of nitrogens with zero attached hydrogens (tertiary/aromatic N) is 1. The summed E-state index contributed by atoms with van der Waals surface area (Å²) < 4.78 is 0. The minimum absolute atomic E-state index is 0.0643. The van der Waals surface area contributed by atoms with E-state index in [2.05, 4.69) is 4.98 Å². The third kappa shape index (κ3) is 3.16. The second kappa shape index (κ2) is 6.23. The minimum Gasteiger partial charge on any atom is -0.475 e. The molecule has 0 spiro atoms. The Hall–Kier alpha value is -3.27. The highest BCUT2D eigenvalue weighted by Gasteiger charge is 2.20. The van der Waals surface area contributed by atoms with E-state index in [-0.39, 0.29) is 5.57 Å². The second-order valence-electron chi connectivity index (χ2n) is 4.99. The zero-order chi connectivity index (χ0) is 16.2. The van der Waals surface area contributed by atoms with Crippen LogP contribution in [0.5, 0.6) is 0 Å². The lowest BCUT2D eigenvalue weighted by Gasteiger charge is -2.06. The van der Waals surface area contributed by atoms with Crippen molar-refractivity contribution in [2.24, 2.45) is 0 Å². The first kappa shape index (κ1) is 14.7. The number of fused-ring (bicyclic) bond motifs is 1. The maximum atomic E-state index is 12.1. The number of carbonyl (C=O) groups excluding carboxylic acids is 1.